The van der Waals surface area contributed by atoms with Crippen molar-refractivity contribution in [1.29, 1.82) is 0 Å². The quantitative estimate of drug-likeness (QED) is 0.628. The van der Waals surface area contributed by atoms with Crippen molar-refractivity contribution in [3.63, 3.8) is 0 Å². The molecule has 3 aromatic rings. The van der Waals surface area contributed by atoms with Crippen LogP contribution in [0, 0.1) is 0 Å². The largest absolute Gasteiger partial charge is 0.354 e. The van der Waals surface area contributed by atoms with Crippen LogP contribution in [0.4, 0.5) is 5.82 Å². The SMILES string of the molecule is Cn1cc(-c2nc(-c3ccc(Cl)cc3)cc(N3CCN(S(C)(=O)=O)CC3)n2)cn1. The maximum Gasteiger partial charge on any atom is 0.211 e. The zero-order chi connectivity index (χ0) is 20.6. The van der Waals surface area contributed by atoms with Crippen molar-refractivity contribution in [2.24, 2.45) is 7.05 Å². The predicted octanol–water partition coefficient (Wildman–Crippen LogP) is 2.28. The van der Waals surface area contributed by atoms with Crippen molar-refractivity contribution >= 4 is 27.4 Å². The second-order valence-electron chi connectivity index (χ2n) is 6.99. The molecule has 1 aromatic carbocycles. The van der Waals surface area contributed by atoms with Crippen LogP contribution in [0.15, 0.2) is 42.7 Å². The second kappa shape index (κ2) is 7.74. The Hall–Kier alpha value is -2.49. The number of rotatable bonds is 4. The van der Waals surface area contributed by atoms with Crippen LogP contribution in [0.5, 0.6) is 0 Å². The van der Waals surface area contributed by atoms with Gasteiger partial charge < -0.3 is 4.90 Å². The van der Waals surface area contributed by atoms with Crippen LogP contribution in [-0.4, -0.2) is 64.9 Å². The van der Waals surface area contributed by atoms with Gasteiger partial charge in [0, 0.05) is 56.1 Å². The summed E-state index contributed by atoms with van der Waals surface area (Å²) >= 11 is 6.03. The Labute approximate surface area is 174 Å². The Morgan fingerprint density at radius 1 is 1.00 bits per heavy atom. The predicted molar refractivity (Wildman–Crippen MR) is 113 cm³/mol. The summed E-state index contributed by atoms with van der Waals surface area (Å²) in [5.74, 6) is 1.34. The lowest BCUT2D eigenvalue weighted by atomic mass is 10.1. The fourth-order valence-electron chi connectivity index (χ4n) is 3.28. The standard InChI is InChI=1S/C19H21ClN6O2S/c1-24-13-15(12-21-24)19-22-17(14-3-5-16(20)6-4-14)11-18(23-19)25-7-9-26(10-8-25)29(2,27)28/h3-6,11-13H,7-10H2,1-2H3. The van der Waals surface area contributed by atoms with Gasteiger partial charge in [-0.25, -0.2) is 18.4 Å². The average Bonchev–Trinajstić information content (AvgIpc) is 3.14. The fraction of sp³-hybridized carbons (Fsp3) is 0.316. The molecule has 0 aliphatic carbocycles. The fourth-order valence-corrected chi connectivity index (χ4v) is 4.23. The van der Waals surface area contributed by atoms with E-state index in [0.29, 0.717) is 37.0 Å². The van der Waals surface area contributed by atoms with Gasteiger partial charge in [-0.15, -0.1) is 0 Å². The van der Waals surface area contributed by atoms with Crippen molar-refractivity contribution in [3.05, 3.63) is 47.7 Å². The van der Waals surface area contributed by atoms with Crippen molar-refractivity contribution in [1.82, 2.24) is 24.1 Å². The van der Waals surface area contributed by atoms with E-state index in [9.17, 15) is 8.42 Å². The summed E-state index contributed by atoms with van der Waals surface area (Å²) in [7, 11) is -1.34. The molecule has 2 aromatic heterocycles. The number of nitrogens with zero attached hydrogens (tertiary/aromatic N) is 6. The van der Waals surface area contributed by atoms with Crippen LogP contribution in [0.3, 0.4) is 0 Å². The molecule has 1 aliphatic rings. The number of sulfonamides is 1. The Morgan fingerprint density at radius 3 is 2.28 bits per heavy atom. The zero-order valence-corrected chi connectivity index (χ0v) is 17.7. The lowest BCUT2D eigenvalue weighted by molar-refractivity contribution is 0.387. The number of hydrogen-bond acceptors (Lipinski definition) is 6. The first-order chi connectivity index (χ1) is 13.8. The van der Waals surface area contributed by atoms with Crippen LogP contribution < -0.4 is 4.90 Å². The third-order valence-corrected chi connectivity index (χ3v) is 6.40. The Morgan fingerprint density at radius 2 is 1.69 bits per heavy atom. The highest BCUT2D eigenvalue weighted by Gasteiger charge is 2.25. The van der Waals surface area contributed by atoms with E-state index in [-0.39, 0.29) is 0 Å². The van der Waals surface area contributed by atoms with E-state index in [1.807, 2.05) is 43.6 Å². The average molecular weight is 433 g/mol. The van der Waals surface area contributed by atoms with Gasteiger partial charge in [-0.2, -0.15) is 9.40 Å². The van der Waals surface area contributed by atoms with Gasteiger partial charge in [0.25, 0.3) is 0 Å². The molecule has 3 heterocycles. The monoisotopic (exact) mass is 432 g/mol. The summed E-state index contributed by atoms with van der Waals surface area (Å²) in [5, 5.41) is 4.88. The molecule has 0 amide bonds. The highest BCUT2D eigenvalue weighted by atomic mass is 35.5. The molecule has 1 fully saturated rings. The molecule has 0 unspecified atom stereocenters. The van der Waals surface area contributed by atoms with E-state index in [0.717, 1.165) is 22.6 Å². The molecule has 152 valence electrons. The summed E-state index contributed by atoms with van der Waals surface area (Å²) in [5.41, 5.74) is 2.52. The van der Waals surface area contributed by atoms with Gasteiger partial charge >= 0.3 is 0 Å². The van der Waals surface area contributed by atoms with Gasteiger partial charge in [0.2, 0.25) is 10.0 Å². The molecule has 0 atom stereocenters. The van der Waals surface area contributed by atoms with E-state index in [2.05, 4.69) is 10.00 Å². The Bertz CT molecular complexity index is 1120. The van der Waals surface area contributed by atoms with E-state index in [4.69, 9.17) is 21.6 Å². The molecule has 1 saturated heterocycles. The van der Waals surface area contributed by atoms with Crippen LogP contribution in [0.25, 0.3) is 22.6 Å². The zero-order valence-electron chi connectivity index (χ0n) is 16.2. The van der Waals surface area contributed by atoms with Crippen LogP contribution >= 0.6 is 11.6 Å². The van der Waals surface area contributed by atoms with Crippen LogP contribution in [0.2, 0.25) is 5.02 Å². The number of benzene rings is 1. The molecular weight excluding hydrogens is 412 g/mol. The van der Waals surface area contributed by atoms with E-state index in [1.54, 1.807) is 10.9 Å². The van der Waals surface area contributed by atoms with Gasteiger partial charge in [0.15, 0.2) is 5.82 Å². The lowest BCUT2D eigenvalue weighted by Crippen LogP contribution is -2.48. The first kappa shape index (κ1) is 19.8. The molecule has 0 spiro atoms. The summed E-state index contributed by atoms with van der Waals surface area (Å²) in [6, 6.07) is 9.42. The van der Waals surface area contributed by atoms with Crippen molar-refractivity contribution in [2.45, 2.75) is 0 Å². The molecular formula is C19H21ClN6O2S. The summed E-state index contributed by atoms with van der Waals surface area (Å²) < 4.78 is 26.8. The minimum atomic E-state index is -3.18. The Balaban J connectivity index is 1.71. The van der Waals surface area contributed by atoms with Crippen LogP contribution in [0.1, 0.15) is 0 Å². The number of anilines is 1. The van der Waals surface area contributed by atoms with Gasteiger partial charge in [0.05, 0.1) is 23.7 Å². The van der Waals surface area contributed by atoms with Crippen molar-refractivity contribution in [3.8, 4) is 22.6 Å². The normalized spacial score (nSPS) is 15.6. The molecule has 0 radical (unpaired) electrons. The van der Waals surface area contributed by atoms with Crippen molar-refractivity contribution < 1.29 is 8.42 Å². The van der Waals surface area contributed by atoms with Crippen LogP contribution in [-0.2, 0) is 17.1 Å². The molecule has 8 nitrogen and oxygen atoms in total. The molecule has 4 rings (SSSR count). The maximum absolute atomic E-state index is 11.8. The summed E-state index contributed by atoms with van der Waals surface area (Å²) in [4.78, 5) is 11.5. The number of halogens is 1. The summed E-state index contributed by atoms with van der Waals surface area (Å²) in [6.45, 7) is 2.00. The molecule has 0 bridgehead atoms. The highest BCUT2D eigenvalue weighted by Crippen LogP contribution is 2.27. The van der Waals surface area contributed by atoms with Gasteiger partial charge in [0.1, 0.15) is 5.82 Å². The van der Waals surface area contributed by atoms with Gasteiger partial charge in [-0.05, 0) is 12.1 Å². The smallest absolute Gasteiger partial charge is 0.211 e. The number of piperazine rings is 1. The van der Waals surface area contributed by atoms with E-state index >= 15 is 0 Å². The number of aromatic nitrogens is 4. The first-order valence-electron chi connectivity index (χ1n) is 9.14. The molecule has 10 heteroatoms. The number of aryl methyl sites for hydroxylation is 1. The number of hydrogen-bond donors (Lipinski definition) is 0. The van der Waals surface area contributed by atoms with Gasteiger partial charge in [-0.1, -0.05) is 23.7 Å². The second-order valence-corrected chi connectivity index (χ2v) is 9.41. The minimum absolute atomic E-state index is 0.432. The molecule has 29 heavy (non-hydrogen) atoms. The third-order valence-electron chi connectivity index (χ3n) is 4.85. The highest BCUT2D eigenvalue weighted by molar-refractivity contribution is 7.88. The van der Waals surface area contributed by atoms with E-state index < -0.39 is 10.0 Å². The third kappa shape index (κ3) is 4.42. The topological polar surface area (TPSA) is 84.2 Å². The minimum Gasteiger partial charge on any atom is -0.354 e. The molecule has 0 saturated carbocycles. The lowest BCUT2D eigenvalue weighted by Gasteiger charge is -2.34. The maximum atomic E-state index is 11.8. The Kier molecular flexibility index (Phi) is 5.28. The first-order valence-corrected chi connectivity index (χ1v) is 11.4. The van der Waals surface area contributed by atoms with Crippen molar-refractivity contribution in [2.75, 3.05) is 37.3 Å². The summed E-state index contributed by atoms with van der Waals surface area (Å²) in [6.07, 6.45) is 4.84. The molecule has 0 N–H and O–H groups in total. The van der Waals surface area contributed by atoms with E-state index in [1.165, 1.54) is 10.6 Å². The molecule has 1 aliphatic heterocycles. The van der Waals surface area contributed by atoms with Gasteiger partial charge in [-0.3, -0.25) is 4.68 Å².